The zero-order chi connectivity index (χ0) is 13.1. The van der Waals surface area contributed by atoms with Crippen molar-refractivity contribution in [1.82, 2.24) is 14.9 Å². The minimum absolute atomic E-state index is 0.267. The highest BCUT2D eigenvalue weighted by Crippen LogP contribution is 2.26. The molecular weight excluding hydrogens is 238 g/mol. The first kappa shape index (κ1) is 12.6. The summed E-state index contributed by atoms with van der Waals surface area (Å²) >= 11 is 0. The number of aliphatic hydroxyl groups is 1. The van der Waals surface area contributed by atoms with Crippen LogP contribution >= 0.6 is 0 Å². The molecular formula is C15H21N3O. The van der Waals surface area contributed by atoms with E-state index >= 15 is 0 Å². The van der Waals surface area contributed by atoms with Crippen molar-refractivity contribution >= 4 is 11.0 Å². The number of aromatic nitrogens is 2. The van der Waals surface area contributed by atoms with Crippen molar-refractivity contribution in [3.63, 3.8) is 0 Å². The molecule has 0 spiro atoms. The van der Waals surface area contributed by atoms with Crippen LogP contribution in [0.25, 0.3) is 11.0 Å². The number of fused-ring (bicyclic) bond motifs is 1. The summed E-state index contributed by atoms with van der Waals surface area (Å²) in [7, 11) is 0. The molecule has 1 fully saturated rings. The quantitative estimate of drug-likeness (QED) is 0.837. The molecule has 1 saturated carbocycles. The summed E-state index contributed by atoms with van der Waals surface area (Å²) in [6.07, 6.45) is 4.74. The predicted molar refractivity (Wildman–Crippen MR) is 75.8 cm³/mol. The number of para-hydroxylation sites is 2. The lowest BCUT2D eigenvalue weighted by atomic mass is 9.91. The number of aromatic amines is 1. The number of aliphatic hydroxyl groups excluding tert-OH is 1. The highest BCUT2D eigenvalue weighted by atomic mass is 16.3. The summed E-state index contributed by atoms with van der Waals surface area (Å²) < 4.78 is 0. The lowest BCUT2D eigenvalue weighted by molar-refractivity contribution is 0.107. The average Bonchev–Trinajstić information content (AvgIpc) is 2.76. The molecule has 3 rings (SSSR count). The number of benzene rings is 1. The molecule has 19 heavy (non-hydrogen) atoms. The van der Waals surface area contributed by atoms with E-state index in [0.29, 0.717) is 6.04 Å². The van der Waals surface area contributed by atoms with Crippen molar-refractivity contribution in [2.45, 2.75) is 38.3 Å². The Morgan fingerprint density at radius 1 is 1.32 bits per heavy atom. The van der Waals surface area contributed by atoms with Gasteiger partial charge in [0.1, 0.15) is 5.82 Å². The van der Waals surface area contributed by atoms with Gasteiger partial charge in [0.25, 0.3) is 0 Å². The second kappa shape index (κ2) is 5.72. The van der Waals surface area contributed by atoms with Gasteiger partial charge in [0.05, 0.1) is 17.6 Å². The summed E-state index contributed by atoms with van der Waals surface area (Å²) in [5.41, 5.74) is 2.14. The summed E-state index contributed by atoms with van der Waals surface area (Å²) in [4.78, 5) is 10.5. The molecule has 4 heteroatoms. The zero-order valence-corrected chi connectivity index (χ0v) is 11.2. The second-order valence-corrected chi connectivity index (χ2v) is 5.33. The largest absolute Gasteiger partial charge is 0.396 e. The van der Waals surface area contributed by atoms with E-state index in [0.717, 1.165) is 36.4 Å². The third-order valence-corrected chi connectivity index (χ3v) is 3.99. The number of rotatable bonds is 6. The zero-order valence-electron chi connectivity index (χ0n) is 11.2. The van der Waals surface area contributed by atoms with Crippen LogP contribution in [-0.4, -0.2) is 39.2 Å². The van der Waals surface area contributed by atoms with Crippen LogP contribution in [-0.2, 0) is 6.54 Å². The standard InChI is InChI=1S/C15H21N3O/c19-10-4-9-18(12-5-3-6-12)11-15-16-13-7-1-2-8-14(13)17-15/h1-2,7-8,12,19H,3-6,9-11H2,(H,16,17). The number of nitrogens with one attached hydrogen (secondary N) is 1. The Hall–Kier alpha value is -1.39. The van der Waals surface area contributed by atoms with Gasteiger partial charge in [-0.15, -0.1) is 0 Å². The van der Waals surface area contributed by atoms with Gasteiger partial charge in [-0.2, -0.15) is 0 Å². The number of hydrogen-bond donors (Lipinski definition) is 2. The van der Waals surface area contributed by atoms with Crippen molar-refractivity contribution in [3.05, 3.63) is 30.1 Å². The Morgan fingerprint density at radius 3 is 2.84 bits per heavy atom. The number of hydrogen-bond acceptors (Lipinski definition) is 3. The van der Waals surface area contributed by atoms with E-state index in [-0.39, 0.29) is 6.61 Å². The fourth-order valence-corrected chi connectivity index (χ4v) is 2.69. The van der Waals surface area contributed by atoms with Gasteiger partial charge in [0, 0.05) is 19.2 Å². The number of nitrogens with zero attached hydrogens (tertiary/aromatic N) is 2. The molecule has 0 radical (unpaired) electrons. The molecule has 2 aromatic rings. The van der Waals surface area contributed by atoms with Crippen molar-refractivity contribution < 1.29 is 5.11 Å². The molecule has 4 nitrogen and oxygen atoms in total. The van der Waals surface area contributed by atoms with Crippen LogP contribution in [0.4, 0.5) is 0 Å². The van der Waals surface area contributed by atoms with Crippen LogP contribution in [0.5, 0.6) is 0 Å². The van der Waals surface area contributed by atoms with E-state index in [9.17, 15) is 0 Å². The van der Waals surface area contributed by atoms with Crippen LogP contribution in [0, 0.1) is 0 Å². The third-order valence-electron chi connectivity index (χ3n) is 3.99. The molecule has 0 saturated heterocycles. The first-order chi connectivity index (χ1) is 9.36. The molecule has 0 aliphatic heterocycles. The normalized spacial score (nSPS) is 16.1. The lowest BCUT2D eigenvalue weighted by Crippen LogP contribution is -2.40. The minimum Gasteiger partial charge on any atom is -0.396 e. The molecule has 0 unspecified atom stereocenters. The summed E-state index contributed by atoms with van der Waals surface area (Å²) in [5.74, 6) is 1.03. The van der Waals surface area contributed by atoms with Gasteiger partial charge in [-0.25, -0.2) is 4.98 Å². The summed E-state index contributed by atoms with van der Waals surface area (Å²) in [6.45, 7) is 2.08. The summed E-state index contributed by atoms with van der Waals surface area (Å²) in [5, 5.41) is 9.02. The molecule has 102 valence electrons. The Labute approximate surface area is 113 Å². The predicted octanol–water partition coefficient (Wildman–Crippen LogP) is 2.30. The Morgan fingerprint density at radius 2 is 2.16 bits per heavy atom. The van der Waals surface area contributed by atoms with Crippen LogP contribution in [0.3, 0.4) is 0 Å². The van der Waals surface area contributed by atoms with Gasteiger partial charge >= 0.3 is 0 Å². The van der Waals surface area contributed by atoms with E-state index < -0.39 is 0 Å². The second-order valence-electron chi connectivity index (χ2n) is 5.33. The first-order valence-electron chi connectivity index (χ1n) is 7.15. The molecule has 0 bridgehead atoms. The fraction of sp³-hybridized carbons (Fsp3) is 0.533. The van der Waals surface area contributed by atoms with Crippen LogP contribution in [0.2, 0.25) is 0 Å². The number of H-pyrrole nitrogens is 1. The van der Waals surface area contributed by atoms with Gasteiger partial charge in [-0.05, 0) is 31.4 Å². The first-order valence-corrected chi connectivity index (χ1v) is 7.15. The van der Waals surface area contributed by atoms with Crippen LogP contribution in [0.15, 0.2) is 24.3 Å². The van der Waals surface area contributed by atoms with E-state index in [1.165, 1.54) is 19.3 Å². The van der Waals surface area contributed by atoms with Crippen molar-refractivity contribution in [1.29, 1.82) is 0 Å². The molecule has 1 aromatic carbocycles. The van der Waals surface area contributed by atoms with E-state index in [2.05, 4.69) is 20.9 Å². The Bertz CT molecular complexity index is 500. The van der Waals surface area contributed by atoms with Crippen molar-refractivity contribution in [3.8, 4) is 0 Å². The Balaban J connectivity index is 1.72. The maximum atomic E-state index is 9.02. The maximum Gasteiger partial charge on any atom is 0.121 e. The van der Waals surface area contributed by atoms with Gasteiger partial charge in [0.2, 0.25) is 0 Å². The molecule has 0 atom stereocenters. The molecule has 1 aromatic heterocycles. The molecule has 1 heterocycles. The maximum absolute atomic E-state index is 9.02. The monoisotopic (exact) mass is 259 g/mol. The molecule has 1 aliphatic rings. The van der Waals surface area contributed by atoms with Gasteiger partial charge in [-0.1, -0.05) is 18.6 Å². The van der Waals surface area contributed by atoms with Crippen LogP contribution < -0.4 is 0 Å². The van der Waals surface area contributed by atoms with Crippen molar-refractivity contribution in [2.75, 3.05) is 13.2 Å². The summed E-state index contributed by atoms with van der Waals surface area (Å²) in [6, 6.07) is 8.83. The lowest BCUT2D eigenvalue weighted by Gasteiger charge is -2.37. The van der Waals surface area contributed by atoms with Crippen molar-refractivity contribution in [2.24, 2.45) is 0 Å². The van der Waals surface area contributed by atoms with E-state index in [1.54, 1.807) is 0 Å². The van der Waals surface area contributed by atoms with E-state index in [1.807, 2.05) is 18.2 Å². The minimum atomic E-state index is 0.267. The highest BCUT2D eigenvalue weighted by Gasteiger charge is 2.25. The molecule has 2 N–H and O–H groups in total. The third kappa shape index (κ3) is 2.80. The average molecular weight is 259 g/mol. The smallest absolute Gasteiger partial charge is 0.121 e. The van der Waals surface area contributed by atoms with Gasteiger partial charge in [0.15, 0.2) is 0 Å². The topological polar surface area (TPSA) is 52.1 Å². The van der Waals surface area contributed by atoms with Crippen LogP contribution in [0.1, 0.15) is 31.5 Å². The fourth-order valence-electron chi connectivity index (χ4n) is 2.69. The van der Waals surface area contributed by atoms with Gasteiger partial charge < -0.3 is 10.1 Å². The Kier molecular flexibility index (Phi) is 3.80. The molecule has 0 amide bonds. The molecule has 1 aliphatic carbocycles. The SMILES string of the molecule is OCCCN(Cc1nc2ccccc2[nH]1)C1CCC1. The van der Waals surface area contributed by atoms with E-state index in [4.69, 9.17) is 5.11 Å². The number of imidazole rings is 1. The highest BCUT2D eigenvalue weighted by molar-refractivity contribution is 5.74. The van der Waals surface area contributed by atoms with Gasteiger partial charge in [-0.3, -0.25) is 4.90 Å².